The number of halogens is 2. The summed E-state index contributed by atoms with van der Waals surface area (Å²) in [4.78, 5) is 51.1. The number of rotatable bonds is 6. The molecule has 44 heavy (non-hydrogen) atoms. The van der Waals surface area contributed by atoms with Crippen molar-refractivity contribution >= 4 is 40.8 Å². The fourth-order valence-corrected chi connectivity index (χ4v) is 5.76. The number of hydrogen-bond acceptors (Lipinski definition) is 7. The molecule has 6 rings (SSSR count). The normalized spacial score (nSPS) is 17.2. The number of nitrogens with one attached hydrogen (secondary N) is 1. The maximum absolute atomic E-state index is 14.7. The smallest absolute Gasteiger partial charge is 0.337 e. The van der Waals surface area contributed by atoms with Gasteiger partial charge < -0.3 is 19.8 Å². The third kappa shape index (κ3) is 5.51. The molecule has 0 saturated carbocycles. The average molecular weight is 613 g/mol. The molecule has 0 unspecified atom stereocenters. The second kappa shape index (κ2) is 12.3. The van der Waals surface area contributed by atoms with Crippen molar-refractivity contribution in [2.24, 2.45) is 5.16 Å². The van der Waals surface area contributed by atoms with Gasteiger partial charge in [-0.3, -0.25) is 14.6 Å². The Bertz CT molecular complexity index is 1780. The SMILES string of the molecule is COC(=O)c1ccc(NC(=O)[C@H]2c3cccc(-c4cccnc4)c3CCN2C(=O)[C@H]2CC(c3cccc(Cl)c3F)=NO2)cc1. The Kier molecular flexibility index (Phi) is 8.08. The van der Waals surface area contributed by atoms with Crippen LogP contribution in [-0.4, -0.2) is 53.1 Å². The fourth-order valence-electron chi connectivity index (χ4n) is 5.58. The van der Waals surface area contributed by atoms with Crippen LogP contribution < -0.4 is 5.32 Å². The Labute approximate surface area is 257 Å². The van der Waals surface area contributed by atoms with Gasteiger partial charge in [0.1, 0.15) is 6.04 Å². The Morgan fingerprint density at radius 2 is 1.80 bits per heavy atom. The van der Waals surface area contributed by atoms with Crippen LogP contribution in [0.4, 0.5) is 10.1 Å². The predicted molar refractivity (Wildman–Crippen MR) is 162 cm³/mol. The summed E-state index contributed by atoms with van der Waals surface area (Å²) in [6.07, 6.45) is 2.88. The number of esters is 1. The van der Waals surface area contributed by atoms with Crippen LogP contribution in [0.1, 0.15) is 39.5 Å². The van der Waals surface area contributed by atoms with Gasteiger partial charge in [-0.25, -0.2) is 9.18 Å². The predicted octanol–water partition coefficient (Wildman–Crippen LogP) is 5.59. The average Bonchev–Trinajstić information content (AvgIpc) is 3.55. The van der Waals surface area contributed by atoms with Crippen LogP contribution in [0.3, 0.4) is 0 Å². The Balaban J connectivity index is 1.32. The van der Waals surface area contributed by atoms with Gasteiger partial charge in [0.05, 0.1) is 23.4 Å². The van der Waals surface area contributed by atoms with Crippen molar-refractivity contribution in [3.05, 3.63) is 118 Å². The van der Waals surface area contributed by atoms with E-state index in [2.05, 4.69) is 15.5 Å². The second-order valence-corrected chi connectivity index (χ2v) is 10.7. The van der Waals surface area contributed by atoms with Gasteiger partial charge in [0.15, 0.2) is 5.82 Å². The van der Waals surface area contributed by atoms with Crippen molar-refractivity contribution in [2.45, 2.75) is 25.0 Å². The van der Waals surface area contributed by atoms with E-state index < -0.39 is 35.7 Å². The lowest BCUT2D eigenvalue weighted by Gasteiger charge is -2.38. The molecule has 0 spiro atoms. The van der Waals surface area contributed by atoms with E-state index in [4.69, 9.17) is 21.2 Å². The van der Waals surface area contributed by atoms with E-state index >= 15 is 0 Å². The quantitative estimate of drug-likeness (QED) is 0.285. The van der Waals surface area contributed by atoms with Crippen molar-refractivity contribution in [1.82, 2.24) is 9.88 Å². The fraction of sp³-hybridized carbons (Fsp3) is 0.182. The van der Waals surface area contributed by atoms with Crippen molar-refractivity contribution in [1.29, 1.82) is 0 Å². The Morgan fingerprint density at radius 1 is 1.02 bits per heavy atom. The van der Waals surface area contributed by atoms with Gasteiger partial charge in [-0.2, -0.15) is 0 Å². The van der Waals surface area contributed by atoms with Crippen LogP contribution in [-0.2, 0) is 25.6 Å². The lowest BCUT2D eigenvalue weighted by Crippen LogP contribution is -2.49. The Hall–Kier alpha value is -5.09. The van der Waals surface area contributed by atoms with Crippen molar-refractivity contribution in [3.8, 4) is 11.1 Å². The van der Waals surface area contributed by atoms with Gasteiger partial charge >= 0.3 is 5.97 Å². The summed E-state index contributed by atoms with van der Waals surface area (Å²) in [6, 6.07) is 19.2. The number of amides is 2. The molecule has 1 N–H and O–H groups in total. The van der Waals surface area contributed by atoms with Crippen LogP contribution in [0.5, 0.6) is 0 Å². The van der Waals surface area contributed by atoms with E-state index in [1.807, 2.05) is 30.3 Å². The number of hydrogen-bond donors (Lipinski definition) is 1. The molecule has 11 heteroatoms. The zero-order valence-corrected chi connectivity index (χ0v) is 24.3. The van der Waals surface area contributed by atoms with Crippen LogP contribution in [0.25, 0.3) is 11.1 Å². The lowest BCUT2D eigenvalue weighted by atomic mass is 9.86. The van der Waals surface area contributed by atoms with Gasteiger partial charge in [-0.1, -0.05) is 47.1 Å². The molecule has 0 radical (unpaired) electrons. The highest BCUT2D eigenvalue weighted by molar-refractivity contribution is 6.31. The molecular formula is C33H26ClFN4O5. The van der Waals surface area contributed by atoms with Gasteiger partial charge in [0.2, 0.25) is 6.10 Å². The first-order chi connectivity index (χ1) is 21.4. The summed E-state index contributed by atoms with van der Waals surface area (Å²) in [6.45, 7) is 0.225. The van der Waals surface area contributed by atoms with Gasteiger partial charge in [0.25, 0.3) is 11.8 Å². The number of nitrogens with zero attached hydrogens (tertiary/aromatic N) is 3. The van der Waals surface area contributed by atoms with Gasteiger partial charge in [-0.05, 0) is 65.6 Å². The first-order valence-electron chi connectivity index (χ1n) is 13.8. The molecule has 9 nitrogen and oxygen atoms in total. The third-order valence-electron chi connectivity index (χ3n) is 7.71. The monoisotopic (exact) mass is 612 g/mol. The minimum Gasteiger partial charge on any atom is -0.465 e. The number of fused-ring (bicyclic) bond motifs is 1. The number of aromatic nitrogens is 1. The zero-order valence-electron chi connectivity index (χ0n) is 23.5. The largest absolute Gasteiger partial charge is 0.465 e. The van der Waals surface area contributed by atoms with Gasteiger partial charge in [-0.15, -0.1) is 0 Å². The molecule has 0 aliphatic carbocycles. The first-order valence-corrected chi connectivity index (χ1v) is 14.2. The van der Waals surface area contributed by atoms with Crippen molar-refractivity contribution in [2.75, 3.05) is 19.0 Å². The van der Waals surface area contributed by atoms with E-state index in [9.17, 15) is 18.8 Å². The molecule has 0 fully saturated rings. The maximum Gasteiger partial charge on any atom is 0.337 e. The maximum atomic E-state index is 14.7. The summed E-state index contributed by atoms with van der Waals surface area (Å²) >= 11 is 5.95. The highest BCUT2D eigenvalue weighted by Crippen LogP contribution is 2.38. The van der Waals surface area contributed by atoms with E-state index in [0.29, 0.717) is 23.2 Å². The van der Waals surface area contributed by atoms with Crippen molar-refractivity contribution in [3.63, 3.8) is 0 Å². The molecule has 1 aromatic heterocycles. The Morgan fingerprint density at radius 3 is 2.55 bits per heavy atom. The minimum atomic E-state index is -1.05. The van der Waals surface area contributed by atoms with E-state index in [-0.39, 0.29) is 29.3 Å². The van der Waals surface area contributed by atoms with Crippen LogP contribution in [0.2, 0.25) is 5.02 Å². The highest BCUT2D eigenvalue weighted by atomic mass is 35.5. The molecule has 3 heterocycles. The number of oxime groups is 1. The molecule has 2 amide bonds. The highest BCUT2D eigenvalue weighted by Gasteiger charge is 2.42. The molecule has 0 bridgehead atoms. The molecular weight excluding hydrogens is 587 g/mol. The summed E-state index contributed by atoms with van der Waals surface area (Å²) in [5, 5.41) is 6.82. The molecule has 222 valence electrons. The summed E-state index contributed by atoms with van der Waals surface area (Å²) < 4.78 is 19.5. The first kappa shape index (κ1) is 29.0. The molecule has 0 saturated heterocycles. The van der Waals surface area contributed by atoms with Crippen molar-refractivity contribution < 1.29 is 28.3 Å². The van der Waals surface area contributed by atoms with E-state index in [0.717, 1.165) is 16.7 Å². The third-order valence-corrected chi connectivity index (χ3v) is 8.00. The number of carbonyl (C=O) groups excluding carboxylic acids is 3. The number of ether oxygens (including phenoxy) is 1. The molecule has 4 aromatic rings. The molecule has 2 aliphatic heterocycles. The van der Waals surface area contributed by atoms with E-state index in [1.165, 1.54) is 24.1 Å². The second-order valence-electron chi connectivity index (χ2n) is 10.3. The van der Waals surface area contributed by atoms with Crippen LogP contribution in [0.15, 0.2) is 90.3 Å². The summed E-state index contributed by atoms with van der Waals surface area (Å²) in [5.41, 5.74) is 4.57. The number of anilines is 1. The number of methoxy groups -OCH3 is 1. The number of carbonyl (C=O) groups is 3. The van der Waals surface area contributed by atoms with E-state index in [1.54, 1.807) is 42.7 Å². The topological polar surface area (TPSA) is 110 Å². The molecule has 2 atom stereocenters. The summed E-state index contributed by atoms with van der Waals surface area (Å²) in [5.74, 6) is -2.05. The summed E-state index contributed by atoms with van der Waals surface area (Å²) in [7, 11) is 1.29. The zero-order chi connectivity index (χ0) is 30.8. The molecule has 2 aliphatic rings. The van der Waals surface area contributed by atoms with Crippen LogP contribution in [0, 0.1) is 5.82 Å². The standard InChI is InChI=1S/C33H26ClFN4O5/c1-43-33(42)19-10-12-21(13-11-19)37-31(40)30-24-7-2-6-22(20-5-4-15-36-18-20)23(24)14-16-39(30)32(41)28-17-27(38-44-28)25-8-3-9-26(34)29(25)35/h2-13,15,18,28,30H,14,16-17H2,1H3,(H,37,40)/t28-,30-/m1/s1. The van der Waals surface area contributed by atoms with Crippen LogP contribution >= 0.6 is 11.6 Å². The minimum absolute atomic E-state index is 0.0124. The number of benzene rings is 3. The number of pyridine rings is 1. The molecule has 3 aromatic carbocycles. The lowest BCUT2D eigenvalue weighted by molar-refractivity contribution is -0.148. The van der Waals surface area contributed by atoms with Gasteiger partial charge in [0, 0.05) is 42.2 Å².